The molecule has 6 aromatic rings. The number of rotatable bonds is 10. The lowest BCUT2D eigenvalue weighted by atomic mass is 9.81. The van der Waals surface area contributed by atoms with Gasteiger partial charge in [0.25, 0.3) is 0 Å². The van der Waals surface area contributed by atoms with Gasteiger partial charge in [0.1, 0.15) is 36.1 Å². The molecule has 7 aliphatic rings. The number of imide groups is 1. The van der Waals surface area contributed by atoms with Crippen LogP contribution in [0.3, 0.4) is 0 Å². The molecule has 79 heavy (non-hydrogen) atoms. The minimum atomic E-state index is -0.641. The molecule has 16 nitrogen and oxygen atoms in total. The zero-order valence-corrected chi connectivity index (χ0v) is 45.2. The van der Waals surface area contributed by atoms with Gasteiger partial charge in [0.15, 0.2) is 5.82 Å². The van der Waals surface area contributed by atoms with Gasteiger partial charge in [-0.25, -0.2) is 18.6 Å². The fourth-order valence-corrected chi connectivity index (χ4v) is 14.8. The molecule has 0 saturated carbocycles. The topological polar surface area (TPSA) is 160 Å². The third-order valence-corrected chi connectivity index (χ3v) is 18.8. The van der Waals surface area contributed by atoms with Crippen LogP contribution in [0.2, 0.25) is 0 Å². The first-order valence-corrected chi connectivity index (χ1v) is 28.7. The van der Waals surface area contributed by atoms with Crippen molar-refractivity contribution in [1.82, 2.24) is 39.8 Å². The van der Waals surface area contributed by atoms with E-state index in [1.807, 2.05) is 22.7 Å². The Morgan fingerprint density at radius 2 is 1.78 bits per heavy atom. The van der Waals surface area contributed by atoms with Crippen molar-refractivity contribution in [3.63, 3.8) is 0 Å². The fourth-order valence-electron chi connectivity index (χ4n) is 14.8. The molecule has 0 aliphatic carbocycles. The number of terminal acetylenes is 1. The van der Waals surface area contributed by atoms with Crippen molar-refractivity contribution < 1.29 is 37.4 Å². The van der Waals surface area contributed by atoms with E-state index in [0.29, 0.717) is 104 Å². The number of piperidine rings is 3. The Kier molecular flexibility index (Phi) is 13.6. The number of fused-ring (bicyclic) bond motifs is 5. The molecule has 3 aromatic heterocycles. The molecule has 3 amide bonds. The van der Waals surface area contributed by atoms with Gasteiger partial charge in [-0.2, -0.15) is 15.1 Å². The van der Waals surface area contributed by atoms with Crippen molar-refractivity contribution >= 4 is 62.0 Å². The molecule has 13 rings (SSSR count). The molecule has 1 N–H and O–H groups in total. The number of hydrogen-bond acceptors (Lipinski definition) is 13. The summed E-state index contributed by atoms with van der Waals surface area (Å²) in [6.45, 7) is 8.06. The number of pyridine rings is 1. The zero-order valence-electron chi connectivity index (χ0n) is 45.2. The Hall–Kier alpha value is -6.97. The van der Waals surface area contributed by atoms with Crippen LogP contribution >= 0.6 is 0 Å². The first-order valence-electron chi connectivity index (χ1n) is 28.7. The molecular formula is C61H68F2N10O6. The predicted molar refractivity (Wildman–Crippen MR) is 296 cm³/mol. The van der Waals surface area contributed by atoms with Crippen LogP contribution in [0.25, 0.3) is 43.8 Å². The number of nitrogens with zero attached hydrogens (tertiary/aromatic N) is 9. The van der Waals surface area contributed by atoms with E-state index in [-0.39, 0.29) is 64.4 Å². The van der Waals surface area contributed by atoms with Gasteiger partial charge in [0.2, 0.25) is 11.8 Å². The lowest BCUT2D eigenvalue weighted by Crippen LogP contribution is -2.49. The number of likely N-dealkylation sites (tertiary alicyclic amines) is 1. The summed E-state index contributed by atoms with van der Waals surface area (Å²) in [4.78, 5) is 62.3. The second-order valence-electron chi connectivity index (χ2n) is 23.5. The molecule has 7 aliphatic heterocycles. The van der Waals surface area contributed by atoms with Crippen LogP contribution in [0.1, 0.15) is 113 Å². The summed E-state index contributed by atoms with van der Waals surface area (Å²) in [5, 5.41) is 9.84. The van der Waals surface area contributed by atoms with E-state index in [1.54, 1.807) is 18.2 Å². The molecule has 10 heterocycles. The number of aromatic nitrogens is 5. The molecule has 6 atom stereocenters. The summed E-state index contributed by atoms with van der Waals surface area (Å²) in [5.41, 5.74) is 3.86. The zero-order chi connectivity index (χ0) is 54.1. The summed E-state index contributed by atoms with van der Waals surface area (Å²) in [7, 11) is 1.91. The van der Waals surface area contributed by atoms with Crippen molar-refractivity contribution in [2.75, 3.05) is 69.0 Å². The maximum absolute atomic E-state index is 17.5. The monoisotopic (exact) mass is 1070 g/mol. The first kappa shape index (κ1) is 51.5. The van der Waals surface area contributed by atoms with Crippen molar-refractivity contribution in [2.24, 2.45) is 18.9 Å². The number of ether oxygens (including phenoxy) is 3. The van der Waals surface area contributed by atoms with E-state index < -0.39 is 17.6 Å². The van der Waals surface area contributed by atoms with Gasteiger partial charge in [0.05, 0.1) is 52.0 Å². The minimum Gasteiger partial charge on any atom is -0.461 e. The van der Waals surface area contributed by atoms with E-state index in [0.717, 1.165) is 113 Å². The number of carbonyl (C=O) groups excluding carboxylic acids is 3. The van der Waals surface area contributed by atoms with Crippen LogP contribution in [0.15, 0.2) is 48.5 Å². The van der Waals surface area contributed by atoms with E-state index in [1.165, 1.54) is 6.07 Å². The molecule has 412 valence electrons. The number of halogens is 2. The Morgan fingerprint density at radius 1 is 0.924 bits per heavy atom. The number of hydrogen-bond donors (Lipinski definition) is 1. The van der Waals surface area contributed by atoms with Crippen LogP contribution in [-0.2, 0) is 32.5 Å². The third kappa shape index (κ3) is 9.37. The third-order valence-electron chi connectivity index (χ3n) is 18.8. The summed E-state index contributed by atoms with van der Waals surface area (Å²) in [6.07, 6.45) is 17.4. The van der Waals surface area contributed by atoms with Gasteiger partial charge in [0, 0.05) is 80.4 Å². The van der Waals surface area contributed by atoms with Crippen LogP contribution < -0.4 is 19.9 Å². The van der Waals surface area contributed by atoms with E-state index >= 15 is 8.78 Å². The smallest absolute Gasteiger partial charge is 0.410 e. The number of anilines is 2. The highest BCUT2D eigenvalue weighted by atomic mass is 19.1. The van der Waals surface area contributed by atoms with Gasteiger partial charge in [-0.1, -0.05) is 30.2 Å². The first-order chi connectivity index (χ1) is 38.4. The largest absolute Gasteiger partial charge is 0.461 e. The SMILES string of the molecule is C#Cc1c(F)ccc2cccc(-c3nc4c5c(nc(OC[C@@]67CCCN6[C@H](COC(=O)N6CC[C@@H](CC8CCN(c9ccc%10c(C%11CCC(=O)NC%11=O)nn(C)c%10c9)CC8)C[C@H]6C)CC7)nc5c3F)N3CCCOC[C@@H]3CC4)c12. The Balaban J connectivity index is 0.642. The van der Waals surface area contributed by atoms with Gasteiger partial charge in [-0.3, -0.25) is 24.5 Å². The molecule has 3 aromatic carbocycles. The summed E-state index contributed by atoms with van der Waals surface area (Å²) in [5.74, 6) is 2.15. The maximum atomic E-state index is 17.5. The van der Waals surface area contributed by atoms with Crippen LogP contribution in [-0.4, -0.2) is 135 Å². The lowest BCUT2D eigenvalue weighted by molar-refractivity contribution is -0.134. The summed E-state index contributed by atoms with van der Waals surface area (Å²) in [6, 6.07) is 15.0. The standard InChI is InChI=1S/C61H68F2N10O6/c1-4-43-47(62)15-10-39-8-5-9-45(51(39)43)55-53(63)56-52-48(64-55)16-12-41-33-77-29-7-24-72(41)57(52)67-59(66-56)79-35-61-22-6-25-73(61)42(18-23-61)34-78-60(76)71-28-21-38(30-36(71)2)31-37-19-26-70(27-20-37)40-11-13-44-49(32-40)69(3)68-54(44)46-14-17-50(74)65-58(46)75/h1,5,8-11,13,15,32,36-38,41-42,46H,6-7,12,14,16-31,33-35H2,2-3H3,(H,65,74,75)/t36-,38-,41+,42+,46?,61+/m1/s1. The maximum Gasteiger partial charge on any atom is 0.410 e. The number of carbonyl (C=O) groups is 3. The fraction of sp³-hybridized carbons (Fsp3) is 0.525. The number of nitrogens with one attached hydrogen (secondary N) is 1. The average Bonchev–Trinajstić information content (AvgIpc) is 4.15. The highest BCUT2D eigenvalue weighted by Crippen LogP contribution is 2.45. The molecular weight excluding hydrogens is 1010 g/mol. The Morgan fingerprint density at radius 3 is 2.62 bits per heavy atom. The van der Waals surface area contributed by atoms with Crippen molar-refractivity contribution in [1.29, 1.82) is 0 Å². The van der Waals surface area contributed by atoms with Crippen LogP contribution in [0.5, 0.6) is 6.01 Å². The molecule has 1 unspecified atom stereocenters. The van der Waals surface area contributed by atoms with Crippen LogP contribution in [0, 0.1) is 35.8 Å². The Labute approximate surface area is 458 Å². The normalized spacial score (nSPS) is 25.8. The van der Waals surface area contributed by atoms with Gasteiger partial charge in [-0.05, 0) is 138 Å². The predicted octanol–water partition coefficient (Wildman–Crippen LogP) is 8.97. The van der Waals surface area contributed by atoms with Crippen LogP contribution in [0.4, 0.5) is 25.1 Å². The second-order valence-corrected chi connectivity index (χ2v) is 23.5. The minimum absolute atomic E-state index is 0.00462. The number of aryl methyl sites for hydroxylation is 2. The molecule has 0 bridgehead atoms. The summed E-state index contributed by atoms with van der Waals surface area (Å²) >= 11 is 0. The second kappa shape index (κ2) is 20.9. The van der Waals surface area contributed by atoms with Gasteiger partial charge in [-0.15, -0.1) is 6.42 Å². The van der Waals surface area contributed by atoms with E-state index in [4.69, 9.17) is 40.7 Å². The number of amides is 3. The molecule has 0 radical (unpaired) electrons. The van der Waals surface area contributed by atoms with Gasteiger partial charge >= 0.3 is 12.1 Å². The Bertz CT molecular complexity index is 3450. The molecule has 6 saturated heterocycles. The number of benzene rings is 3. The van der Waals surface area contributed by atoms with E-state index in [2.05, 4.69) is 51.1 Å². The lowest BCUT2D eigenvalue weighted by Gasteiger charge is -2.40. The average molecular weight is 1080 g/mol. The molecule has 0 spiro atoms. The quantitative estimate of drug-likeness (QED) is 0.102. The highest BCUT2D eigenvalue weighted by molar-refractivity contribution is 6.04. The van der Waals surface area contributed by atoms with Crippen molar-refractivity contribution in [3.05, 3.63) is 77.1 Å². The van der Waals surface area contributed by atoms with Crippen molar-refractivity contribution in [2.45, 2.75) is 126 Å². The summed E-state index contributed by atoms with van der Waals surface area (Å²) < 4.78 is 53.4. The van der Waals surface area contributed by atoms with Gasteiger partial charge < -0.3 is 28.9 Å². The molecule has 18 heteroatoms. The molecule has 6 fully saturated rings. The van der Waals surface area contributed by atoms with Crippen molar-refractivity contribution in [3.8, 4) is 29.6 Å². The highest BCUT2D eigenvalue weighted by Gasteiger charge is 2.50. The van der Waals surface area contributed by atoms with E-state index in [9.17, 15) is 14.4 Å².